The van der Waals surface area contributed by atoms with E-state index in [2.05, 4.69) is 0 Å². The number of rotatable bonds is 3. The fourth-order valence-corrected chi connectivity index (χ4v) is 3.84. The zero-order valence-electron chi connectivity index (χ0n) is 13.4. The number of aryl methyl sites for hydroxylation is 1. The first kappa shape index (κ1) is 17.8. The third-order valence-corrected chi connectivity index (χ3v) is 5.45. The van der Waals surface area contributed by atoms with E-state index in [9.17, 15) is 9.90 Å². The maximum absolute atomic E-state index is 12.8. The van der Waals surface area contributed by atoms with Crippen LogP contribution in [0.4, 0.5) is 5.69 Å². The summed E-state index contributed by atoms with van der Waals surface area (Å²) < 4.78 is 5.51. The molecule has 25 heavy (non-hydrogen) atoms. The number of benzene rings is 2. The van der Waals surface area contributed by atoms with Crippen molar-refractivity contribution in [2.24, 2.45) is 0 Å². The molecule has 0 bridgehead atoms. The maximum Gasteiger partial charge on any atom is 0.270 e. The van der Waals surface area contributed by atoms with Crippen LogP contribution in [0.1, 0.15) is 11.1 Å². The van der Waals surface area contributed by atoms with E-state index >= 15 is 0 Å². The number of anilines is 1. The highest BCUT2D eigenvalue weighted by atomic mass is 35.5. The van der Waals surface area contributed by atoms with Crippen LogP contribution < -0.4 is 9.64 Å². The van der Waals surface area contributed by atoms with E-state index in [1.807, 2.05) is 13.0 Å². The molecule has 7 heteroatoms. The number of amides is 1. The first-order chi connectivity index (χ1) is 11.9. The van der Waals surface area contributed by atoms with E-state index in [1.54, 1.807) is 36.4 Å². The van der Waals surface area contributed by atoms with Gasteiger partial charge in [0.05, 0.1) is 17.7 Å². The van der Waals surface area contributed by atoms with Crippen LogP contribution in [-0.2, 0) is 4.79 Å². The Morgan fingerprint density at radius 3 is 2.76 bits per heavy atom. The van der Waals surface area contributed by atoms with Crippen molar-refractivity contribution in [3.05, 3.63) is 57.5 Å². The van der Waals surface area contributed by atoms with Crippen molar-refractivity contribution in [1.29, 1.82) is 0 Å². The predicted octanol–water partition coefficient (Wildman–Crippen LogP) is 4.77. The molecule has 2 aromatic carbocycles. The molecule has 128 valence electrons. The third-order valence-electron chi connectivity index (χ3n) is 3.74. The lowest BCUT2D eigenvalue weighted by Gasteiger charge is -2.15. The smallest absolute Gasteiger partial charge is 0.270 e. The van der Waals surface area contributed by atoms with Gasteiger partial charge in [-0.1, -0.05) is 53.8 Å². The van der Waals surface area contributed by atoms with Gasteiger partial charge >= 0.3 is 0 Å². The first-order valence-electron chi connectivity index (χ1n) is 7.32. The van der Waals surface area contributed by atoms with Gasteiger partial charge in [0.2, 0.25) is 0 Å². The fraction of sp³-hybridized carbons (Fsp3) is 0.111. The van der Waals surface area contributed by atoms with Gasteiger partial charge in [0.15, 0.2) is 15.8 Å². The highest BCUT2D eigenvalue weighted by Gasteiger charge is 2.33. The van der Waals surface area contributed by atoms with Crippen molar-refractivity contribution in [2.75, 3.05) is 12.0 Å². The maximum atomic E-state index is 12.8. The molecule has 0 saturated carbocycles. The number of phenolic OH excluding ortho intramolecular Hbond substituents is 1. The molecule has 0 aromatic heterocycles. The van der Waals surface area contributed by atoms with Crippen LogP contribution in [0.5, 0.6) is 11.5 Å². The molecule has 1 heterocycles. The second kappa shape index (κ2) is 7.07. The summed E-state index contributed by atoms with van der Waals surface area (Å²) in [6.07, 6.45) is 1.60. The standard InChI is InChI=1S/C18H14ClNO3S2/c1-10-6-7-12(9-13(10)19)20-17(22)15(25-18(20)24)8-11-4-3-5-14(23-2)16(11)21/h3-9,21H,1-2H3/b15-8-. The summed E-state index contributed by atoms with van der Waals surface area (Å²) in [4.78, 5) is 14.6. The molecule has 1 amide bonds. The Balaban J connectivity index is 1.97. The van der Waals surface area contributed by atoms with Gasteiger partial charge in [-0.15, -0.1) is 0 Å². The number of thioether (sulfide) groups is 1. The van der Waals surface area contributed by atoms with Crippen molar-refractivity contribution in [3.63, 3.8) is 0 Å². The van der Waals surface area contributed by atoms with Gasteiger partial charge in [-0.25, -0.2) is 0 Å². The Morgan fingerprint density at radius 1 is 1.32 bits per heavy atom. The zero-order valence-corrected chi connectivity index (χ0v) is 15.8. The highest BCUT2D eigenvalue weighted by molar-refractivity contribution is 8.27. The summed E-state index contributed by atoms with van der Waals surface area (Å²) in [5.41, 5.74) is 2.03. The molecular formula is C18H14ClNO3S2. The molecule has 1 fully saturated rings. The van der Waals surface area contributed by atoms with Crippen LogP contribution in [0, 0.1) is 6.92 Å². The summed E-state index contributed by atoms with van der Waals surface area (Å²) in [6.45, 7) is 1.89. The van der Waals surface area contributed by atoms with E-state index in [-0.39, 0.29) is 11.7 Å². The number of halogens is 1. The second-order valence-electron chi connectivity index (χ2n) is 5.35. The number of hydrogen-bond acceptors (Lipinski definition) is 5. The minimum Gasteiger partial charge on any atom is -0.504 e. The Labute approximate surface area is 160 Å². The molecule has 0 radical (unpaired) electrons. The van der Waals surface area contributed by atoms with Crippen molar-refractivity contribution in [3.8, 4) is 11.5 Å². The van der Waals surface area contributed by atoms with Crippen molar-refractivity contribution in [2.45, 2.75) is 6.92 Å². The predicted molar refractivity (Wildman–Crippen MR) is 106 cm³/mol. The zero-order chi connectivity index (χ0) is 18.1. The molecule has 0 aliphatic carbocycles. The van der Waals surface area contributed by atoms with Crippen LogP contribution >= 0.6 is 35.6 Å². The Morgan fingerprint density at radius 2 is 2.08 bits per heavy atom. The molecule has 1 aliphatic rings. The minimum atomic E-state index is -0.253. The normalized spacial score (nSPS) is 16.0. The summed E-state index contributed by atoms with van der Waals surface area (Å²) >= 11 is 12.7. The monoisotopic (exact) mass is 391 g/mol. The van der Waals surface area contributed by atoms with Crippen molar-refractivity contribution in [1.82, 2.24) is 0 Å². The average Bonchev–Trinajstić information content (AvgIpc) is 2.86. The lowest BCUT2D eigenvalue weighted by molar-refractivity contribution is -0.113. The number of nitrogens with zero attached hydrogens (tertiary/aromatic N) is 1. The topological polar surface area (TPSA) is 49.8 Å². The van der Waals surface area contributed by atoms with E-state index in [0.717, 1.165) is 5.56 Å². The number of hydrogen-bond donors (Lipinski definition) is 1. The van der Waals surface area contributed by atoms with Gasteiger partial charge in [-0.05, 0) is 36.8 Å². The molecule has 1 saturated heterocycles. The molecule has 0 atom stereocenters. The van der Waals surface area contributed by atoms with Crippen molar-refractivity contribution < 1.29 is 14.6 Å². The minimum absolute atomic E-state index is 0.0198. The van der Waals surface area contributed by atoms with Crippen LogP contribution in [0.2, 0.25) is 5.02 Å². The van der Waals surface area contributed by atoms with Gasteiger partial charge in [-0.3, -0.25) is 9.69 Å². The number of para-hydroxylation sites is 1. The number of ether oxygens (including phenoxy) is 1. The van der Waals surface area contributed by atoms with E-state index in [4.69, 9.17) is 28.6 Å². The Kier molecular flexibility index (Phi) is 5.03. The van der Waals surface area contributed by atoms with Crippen molar-refractivity contribution >= 4 is 57.6 Å². The van der Waals surface area contributed by atoms with Gasteiger partial charge in [0.25, 0.3) is 5.91 Å². The molecule has 1 aliphatic heterocycles. The van der Waals surface area contributed by atoms with Gasteiger partial charge in [0.1, 0.15) is 0 Å². The number of phenols is 1. The summed E-state index contributed by atoms with van der Waals surface area (Å²) in [5, 5.41) is 10.8. The van der Waals surface area contributed by atoms with Crippen LogP contribution in [0.15, 0.2) is 41.3 Å². The second-order valence-corrected chi connectivity index (χ2v) is 7.43. The number of carbonyl (C=O) groups is 1. The van der Waals surface area contributed by atoms with Crippen LogP contribution in [0.25, 0.3) is 6.08 Å². The Bertz CT molecular complexity index is 911. The fourth-order valence-electron chi connectivity index (χ4n) is 2.37. The highest BCUT2D eigenvalue weighted by Crippen LogP contribution is 2.39. The lowest BCUT2D eigenvalue weighted by atomic mass is 10.1. The number of thiocarbonyl (C=S) groups is 1. The number of methoxy groups -OCH3 is 1. The Hall–Kier alpha value is -2.02. The number of aromatic hydroxyl groups is 1. The molecule has 3 rings (SSSR count). The summed E-state index contributed by atoms with van der Waals surface area (Å²) in [6, 6.07) is 10.4. The van der Waals surface area contributed by atoms with E-state index < -0.39 is 0 Å². The molecule has 1 N–H and O–H groups in total. The quantitative estimate of drug-likeness (QED) is 0.603. The lowest BCUT2D eigenvalue weighted by Crippen LogP contribution is -2.27. The number of carbonyl (C=O) groups excluding carboxylic acids is 1. The SMILES string of the molecule is COc1cccc(/C=C2\SC(=S)N(c3ccc(C)c(Cl)c3)C2=O)c1O. The molecule has 2 aromatic rings. The average molecular weight is 392 g/mol. The van der Waals surface area contributed by atoms with E-state index in [1.165, 1.54) is 23.8 Å². The molecular weight excluding hydrogens is 378 g/mol. The largest absolute Gasteiger partial charge is 0.504 e. The van der Waals surface area contributed by atoms with E-state index in [0.29, 0.717) is 31.2 Å². The first-order valence-corrected chi connectivity index (χ1v) is 8.92. The summed E-state index contributed by atoms with van der Waals surface area (Å²) in [5.74, 6) is 0.0698. The van der Waals surface area contributed by atoms with Gasteiger partial charge in [-0.2, -0.15) is 0 Å². The molecule has 0 spiro atoms. The van der Waals surface area contributed by atoms with Crippen LogP contribution in [0.3, 0.4) is 0 Å². The molecule has 4 nitrogen and oxygen atoms in total. The molecule has 0 unspecified atom stereocenters. The van der Waals surface area contributed by atoms with Crippen LogP contribution in [-0.4, -0.2) is 22.4 Å². The van der Waals surface area contributed by atoms with Gasteiger partial charge < -0.3 is 9.84 Å². The van der Waals surface area contributed by atoms with Gasteiger partial charge in [0, 0.05) is 10.6 Å². The summed E-state index contributed by atoms with van der Waals surface area (Å²) in [7, 11) is 1.47. The third kappa shape index (κ3) is 3.38.